The molecule has 0 amide bonds. The summed E-state index contributed by atoms with van der Waals surface area (Å²) < 4.78 is 5.74. The first-order valence-electron chi connectivity index (χ1n) is 6.29. The second kappa shape index (κ2) is 7.20. The van der Waals surface area contributed by atoms with Crippen molar-refractivity contribution in [1.29, 1.82) is 0 Å². The van der Waals surface area contributed by atoms with E-state index in [1.165, 1.54) is 12.8 Å². The first-order valence-corrected chi connectivity index (χ1v) is 6.29. The molecular weight excluding hydrogens is 188 g/mol. The van der Waals surface area contributed by atoms with Crippen LogP contribution in [0.4, 0.5) is 0 Å². The molecule has 1 aliphatic rings. The second-order valence-corrected chi connectivity index (χ2v) is 4.82. The summed E-state index contributed by atoms with van der Waals surface area (Å²) in [6, 6.07) is 0.656. The van der Waals surface area contributed by atoms with Gasteiger partial charge in [-0.05, 0) is 44.7 Å². The van der Waals surface area contributed by atoms with Gasteiger partial charge in [0.2, 0.25) is 0 Å². The van der Waals surface area contributed by atoms with E-state index in [9.17, 15) is 0 Å². The van der Waals surface area contributed by atoms with Crippen LogP contribution in [0.1, 0.15) is 39.5 Å². The quantitative estimate of drug-likeness (QED) is 0.659. The number of hydrogen-bond acceptors (Lipinski definition) is 3. The maximum atomic E-state index is 5.74. The van der Waals surface area contributed by atoms with Gasteiger partial charge in [-0.15, -0.1) is 0 Å². The molecule has 90 valence electrons. The van der Waals surface area contributed by atoms with Gasteiger partial charge in [0.15, 0.2) is 0 Å². The lowest BCUT2D eigenvalue weighted by Gasteiger charge is -2.32. The van der Waals surface area contributed by atoms with Gasteiger partial charge in [-0.25, -0.2) is 0 Å². The van der Waals surface area contributed by atoms with Crippen LogP contribution in [0.15, 0.2) is 0 Å². The lowest BCUT2D eigenvalue weighted by Crippen LogP contribution is -2.41. The van der Waals surface area contributed by atoms with Crippen molar-refractivity contribution in [2.24, 2.45) is 11.7 Å². The molecule has 3 nitrogen and oxygen atoms in total. The predicted molar refractivity (Wildman–Crippen MR) is 63.9 cm³/mol. The molecule has 1 fully saturated rings. The van der Waals surface area contributed by atoms with Gasteiger partial charge in [0.25, 0.3) is 0 Å². The van der Waals surface area contributed by atoms with Crippen molar-refractivity contribution >= 4 is 0 Å². The van der Waals surface area contributed by atoms with E-state index >= 15 is 0 Å². The van der Waals surface area contributed by atoms with Gasteiger partial charge in [0, 0.05) is 12.6 Å². The van der Waals surface area contributed by atoms with Gasteiger partial charge >= 0.3 is 0 Å². The second-order valence-electron chi connectivity index (χ2n) is 4.82. The maximum Gasteiger partial charge on any atom is 0.0612 e. The van der Waals surface area contributed by atoms with Crippen molar-refractivity contribution < 1.29 is 4.74 Å². The molecule has 3 heteroatoms. The standard InChI is InChI=1S/C12H26N2O/c1-10(2)12-9-11(5-8-15-12)14-7-4-3-6-13/h10-12,14H,3-9,13H2,1-2H3. The average molecular weight is 214 g/mol. The van der Waals surface area contributed by atoms with Crippen LogP contribution in [0.5, 0.6) is 0 Å². The van der Waals surface area contributed by atoms with E-state index < -0.39 is 0 Å². The van der Waals surface area contributed by atoms with Crippen molar-refractivity contribution in [3.05, 3.63) is 0 Å². The molecule has 3 N–H and O–H groups in total. The Morgan fingerprint density at radius 1 is 1.40 bits per heavy atom. The highest BCUT2D eigenvalue weighted by Crippen LogP contribution is 2.20. The van der Waals surface area contributed by atoms with Gasteiger partial charge in [-0.1, -0.05) is 13.8 Å². The van der Waals surface area contributed by atoms with Crippen LogP contribution in [0.3, 0.4) is 0 Å². The molecule has 1 saturated heterocycles. The van der Waals surface area contributed by atoms with E-state index in [1.807, 2.05) is 0 Å². The molecule has 1 heterocycles. The molecule has 2 unspecified atom stereocenters. The van der Waals surface area contributed by atoms with Crippen LogP contribution in [-0.2, 0) is 4.74 Å². The van der Waals surface area contributed by atoms with E-state index in [4.69, 9.17) is 10.5 Å². The molecule has 1 aliphatic heterocycles. The molecule has 0 saturated carbocycles. The summed E-state index contributed by atoms with van der Waals surface area (Å²) in [7, 11) is 0. The molecule has 15 heavy (non-hydrogen) atoms. The lowest BCUT2D eigenvalue weighted by molar-refractivity contribution is -0.0242. The van der Waals surface area contributed by atoms with Crippen molar-refractivity contribution in [2.45, 2.75) is 51.7 Å². The maximum absolute atomic E-state index is 5.74. The first-order chi connectivity index (χ1) is 7.24. The molecular formula is C12H26N2O. The van der Waals surface area contributed by atoms with Crippen LogP contribution in [-0.4, -0.2) is 31.8 Å². The van der Waals surface area contributed by atoms with Crippen LogP contribution in [0, 0.1) is 5.92 Å². The number of nitrogens with two attached hydrogens (primary N) is 1. The Kier molecular flexibility index (Phi) is 6.22. The molecule has 0 aromatic heterocycles. The van der Waals surface area contributed by atoms with Crippen LogP contribution in [0.2, 0.25) is 0 Å². The van der Waals surface area contributed by atoms with Crippen LogP contribution >= 0.6 is 0 Å². The van der Waals surface area contributed by atoms with Crippen molar-refractivity contribution in [3.63, 3.8) is 0 Å². The zero-order valence-corrected chi connectivity index (χ0v) is 10.2. The zero-order chi connectivity index (χ0) is 11.1. The summed E-state index contributed by atoms with van der Waals surface area (Å²) in [5, 5.41) is 3.61. The summed E-state index contributed by atoms with van der Waals surface area (Å²) in [6.45, 7) is 7.30. The molecule has 0 spiro atoms. The Morgan fingerprint density at radius 3 is 2.87 bits per heavy atom. The van der Waals surface area contributed by atoms with E-state index in [1.54, 1.807) is 0 Å². The SMILES string of the molecule is CC(C)C1CC(NCCCCN)CCO1. The van der Waals surface area contributed by atoms with Gasteiger partial charge in [0.1, 0.15) is 0 Å². The van der Waals surface area contributed by atoms with E-state index in [2.05, 4.69) is 19.2 Å². The number of nitrogens with one attached hydrogen (secondary N) is 1. The third kappa shape index (κ3) is 4.96. The molecule has 1 rings (SSSR count). The van der Waals surface area contributed by atoms with Crippen molar-refractivity contribution in [1.82, 2.24) is 5.32 Å². The normalized spacial score (nSPS) is 27.2. The average Bonchev–Trinajstić information content (AvgIpc) is 2.25. The number of ether oxygens (including phenoxy) is 1. The summed E-state index contributed by atoms with van der Waals surface area (Å²) in [4.78, 5) is 0. The predicted octanol–water partition coefficient (Wildman–Crippen LogP) is 1.52. The minimum atomic E-state index is 0.450. The minimum Gasteiger partial charge on any atom is -0.378 e. The highest BCUT2D eigenvalue weighted by molar-refractivity contribution is 4.78. The minimum absolute atomic E-state index is 0.450. The fourth-order valence-electron chi connectivity index (χ4n) is 2.05. The summed E-state index contributed by atoms with van der Waals surface area (Å²) in [5.74, 6) is 0.638. The summed E-state index contributed by atoms with van der Waals surface area (Å²) in [6.07, 6.45) is 5.10. The van der Waals surface area contributed by atoms with E-state index in [0.717, 1.165) is 32.5 Å². The van der Waals surface area contributed by atoms with Crippen molar-refractivity contribution in [3.8, 4) is 0 Å². The van der Waals surface area contributed by atoms with E-state index in [-0.39, 0.29) is 0 Å². The third-order valence-electron chi connectivity index (χ3n) is 3.12. The van der Waals surface area contributed by atoms with Gasteiger partial charge in [0.05, 0.1) is 6.10 Å². The van der Waals surface area contributed by atoms with Crippen LogP contribution in [0.25, 0.3) is 0 Å². The smallest absolute Gasteiger partial charge is 0.0612 e. The van der Waals surface area contributed by atoms with Gasteiger partial charge in [-0.3, -0.25) is 0 Å². The Bertz CT molecular complexity index is 162. The largest absolute Gasteiger partial charge is 0.378 e. The Morgan fingerprint density at radius 2 is 2.20 bits per heavy atom. The van der Waals surface area contributed by atoms with Gasteiger partial charge < -0.3 is 15.8 Å². The number of rotatable bonds is 6. The fourth-order valence-corrected chi connectivity index (χ4v) is 2.05. The Labute approximate surface area is 93.8 Å². The zero-order valence-electron chi connectivity index (χ0n) is 10.2. The number of unbranched alkanes of at least 4 members (excludes halogenated alkanes) is 1. The molecule has 2 atom stereocenters. The number of hydrogen-bond donors (Lipinski definition) is 2. The molecule has 0 radical (unpaired) electrons. The molecule has 0 aromatic rings. The van der Waals surface area contributed by atoms with Gasteiger partial charge in [-0.2, -0.15) is 0 Å². The molecule has 0 aliphatic carbocycles. The Hall–Kier alpha value is -0.120. The highest BCUT2D eigenvalue weighted by atomic mass is 16.5. The first kappa shape index (κ1) is 12.9. The third-order valence-corrected chi connectivity index (χ3v) is 3.12. The highest BCUT2D eigenvalue weighted by Gasteiger charge is 2.24. The summed E-state index contributed by atoms with van der Waals surface area (Å²) >= 11 is 0. The van der Waals surface area contributed by atoms with Crippen LogP contribution < -0.4 is 11.1 Å². The van der Waals surface area contributed by atoms with E-state index in [0.29, 0.717) is 18.1 Å². The molecule has 0 bridgehead atoms. The molecule has 0 aromatic carbocycles. The van der Waals surface area contributed by atoms with Crippen molar-refractivity contribution in [2.75, 3.05) is 19.7 Å². The summed E-state index contributed by atoms with van der Waals surface area (Å²) in [5.41, 5.74) is 5.46. The Balaban J connectivity index is 2.13. The monoisotopic (exact) mass is 214 g/mol. The fraction of sp³-hybridized carbons (Fsp3) is 1.00. The lowest BCUT2D eigenvalue weighted by atomic mass is 9.95. The topological polar surface area (TPSA) is 47.3 Å².